The standard InChI is InChI=1S/C63H43N/c1-4-18-44(19-5-1)54-29-15-32-57-55(30-16-31-56(54)57)47-38-42-51(43-39-47)64(50-40-36-46(37-41-50)53-28-14-21-45-20-10-11-26-52(45)53)61-35-17-34-60-62(61)58-27-12-13-33-59(58)63(60,48-22-6-2-7-23-48)49-24-8-3-9-25-49/h1-43H. The third kappa shape index (κ3) is 6.01. The molecule has 0 aromatic heterocycles. The molecule has 11 aromatic rings. The first-order valence-electron chi connectivity index (χ1n) is 22.2. The number of hydrogen-bond acceptors (Lipinski definition) is 1. The van der Waals surface area contributed by atoms with Crippen molar-refractivity contribution in [3.8, 4) is 44.5 Å². The maximum Gasteiger partial charge on any atom is 0.0714 e. The lowest BCUT2D eigenvalue weighted by Crippen LogP contribution is -2.28. The van der Waals surface area contributed by atoms with Gasteiger partial charge in [-0.25, -0.2) is 0 Å². The van der Waals surface area contributed by atoms with Crippen LogP contribution in [0.5, 0.6) is 0 Å². The molecule has 0 unspecified atom stereocenters. The fourth-order valence-corrected chi connectivity index (χ4v) is 10.6. The summed E-state index contributed by atoms with van der Waals surface area (Å²) in [6, 6.07) is 95.8. The molecule has 1 aliphatic rings. The molecule has 0 bridgehead atoms. The highest BCUT2D eigenvalue weighted by Crippen LogP contribution is 2.59. The summed E-state index contributed by atoms with van der Waals surface area (Å²) in [6.07, 6.45) is 0. The van der Waals surface area contributed by atoms with Gasteiger partial charge in [-0.3, -0.25) is 0 Å². The van der Waals surface area contributed by atoms with E-state index in [0.29, 0.717) is 0 Å². The van der Waals surface area contributed by atoms with E-state index < -0.39 is 5.41 Å². The maximum absolute atomic E-state index is 2.47. The number of rotatable bonds is 8. The molecule has 1 aliphatic carbocycles. The minimum atomic E-state index is -0.509. The lowest BCUT2D eigenvalue weighted by Gasteiger charge is -2.34. The Bertz CT molecular complexity index is 3420. The normalized spacial score (nSPS) is 12.5. The van der Waals surface area contributed by atoms with Crippen LogP contribution in [0, 0.1) is 0 Å². The van der Waals surface area contributed by atoms with Crippen molar-refractivity contribution in [2.24, 2.45) is 0 Å². The zero-order chi connectivity index (χ0) is 42.5. The van der Waals surface area contributed by atoms with Crippen molar-refractivity contribution < 1.29 is 0 Å². The summed E-state index contributed by atoms with van der Waals surface area (Å²) in [5, 5.41) is 4.99. The molecule has 1 heteroatoms. The van der Waals surface area contributed by atoms with Crippen LogP contribution in [0.25, 0.3) is 66.1 Å². The number of nitrogens with zero attached hydrogens (tertiary/aromatic N) is 1. The van der Waals surface area contributed by atoms with E-state index in [1.54, 1.807) is 0 Å². The Hall–Kier alpha value is -8.26. The SMILES string of the molecule is c1ccc(-c2cccc3c(-c4ccc(N(c5ccc(-c6cccc7ccccc67)cc5)c5cccc6c5-c5ccccc5C6(c5ccccc5)c5ccccc5)cc4)cccc23)cc1. The fourth-order valence-electron chi connectivity index (χ4n) is 10.6. The molecule has 0 atom stereocenters. The summed E-state index contributed by atoms with van der Waals surface area (Å²) < 4.78 is 0. The maximum atomic E-state index is 2.47. The zero-order valence-corrected chi connectivity index (χ0v) is 35.3. The second kappa shape index (κ2) is 15.6. The highest BCUT2D eigenvalue weighted by Gasteiger charge is 2.47. The van der Waals surface area contributed by atoms with Crippen LogP contribution in [0.2, 0.25) is 0 Å². The van der Waals surface area contributed by atoms with Crippen LogP contribution in [0.4, 0.5) is 17.1 Å². The third-order valence-electron chi connectivity index (χ3n) is 13.4. The Morgan fingerprint density at radius 3 is 1.28 bits per heavy atom. The van der Waals surface area contributed by atoms with E-state index in [4.69, 9.17) is 0 Å². The van der Waals surface area contributed by atoms with E-state index in [9.17, 15) is 0 Å². The van der Waals surface area contributed by atoms with Gasteiger partial charge >= 0.3 is 0 Å². The summed E-state index contributed by atoms with van der Waals surface area (Å²) in [5.74, 6) is 0. The van der Waals surface area contributed by atoms with Crippen LogP contribution in [-0.4, -0.2) is 0 Å². The molecule has 0 saturated carbocycles. The first-order chi connectivity index (χ1) is 31.8. The van der Waals surface area contributed by atoms with Crippen molar-refractivity contribution in [3.63, 3.8) is 0 Å². The first kappa shape index (κ1) is 37.5. The van der Waals surface area contributed by atoms with Crippen LogP contribution in [0.1, 0.15) is 22.3 Å². The lowest BCUT2D eigenvalue weighted by molar-refractivity contribution is 0.768. The monoisotopic (exact) mass is 813 g/mol. The molecule has 0 amide bonds. The predicted octanol–water partition coefficient (Wildman–Crippen LogP) is 16.8. The minimum Gasteiger partial charge on any atom is -0.310 e. The predicted molar refractivity (Wildman–Crippen MR) is 270 cm³/mol. The van der Waals surface area contributed by atoms with E-state index in [0.717, 1.165) is 17.1 Å². The molecule has 0 radical (unpaired) electrons. The van der Waals surface area contributed by atoms with Gasteiger partial charge in [0, 0.05) is 16.9 Å². The molecule has 0 saturated heterocycles. The Morgan fingerprint density at radius 1 is 0.266 bits per heavy atom. The lowest BCUT2D eigenvalue weighted by atomic mass is 9.68. The molecule has 300 valence electrons. The smallest absolute Gasteiger partial charge is 0.0714 e. The van der Waals surface area contributed by atoms with Gasteiger partial charge in [-0.1, -0.05) is 231 Å². The molecule has 0 aliphatic heterocycles. The van der Waals surface area contributed by atoms with E-state index >= 15 is 0 Å². The topological polar surface area (TPSA) is 3.24 Å². The summed E-state index contributed by atoms with van der Waals surface area (Å²) in [7, 11) is 0. The Morgan fingerprint density at radius 2 is 0.672 bits per heavy atom. The average molecular weight is 814 g/mol. The van der Waals surface area contributed by atoms with Crippen molar-refractivity contribution in [1.82, 2.24) is 0 Å². The molecule has 0 fully saturated rings. The summed E-state index contributed by atoms with van der Waals surface area (Å²) >= 11 is 0. The summed E-state index contributed by atoms with van der Waals surface area (Å²) in [4.78, 5) is 2.47. The molecule has 12 rings (SSSR count). The van der Waals surface area contributed by atoms with Crippen LogP contribution in [0.3, 0.4) is 0 Å². The van der Waals surface area contributed by atoms with Gasteiger partial charge in [0.15, 0.2) is 0 Å². The van der Waals surface area contributed by atoms with Gasteiger partial charge in [0.25, 0.3) is 0 Å². The van der Waals surface area contributed by atoms with Crippen molar-refractivity contribution >= 4 is 38.6 Å². The van der Waals surface area contributed by atoms with Crippen molar-refractivity contribution in [2.75, 3.05) is 4.90 Å². The molecule has 64 heavy (non-hydrogen) atoms. The Balaban J connectivity index is 1.06. The van der Waals surface area contributed by atoms with Gasteiger partial charge in [0.05, 0.1) is 11.1 Å². The van der Waals surface area contributed by atoms with Gasteiger partial charge in [-0.2, -0.15) is 0 Å². The second-order valence-electron chi connectivity index (χ2n) is 16.8. The van der Waals surface area contributed by atoms with E-state index in [-0.39, 0.29) is 0 Å². The van der Waals surface area contributed by atoms with Crippen LogP contribution >= 0.6 is 0 Å². The molecule has 1 nitrogen and oxygen atoms in total. The van der Waals surface area contributed by atoms with Crippen LogP contribution in [0.15, 0.2) is 261 Å². The fraction of sp³-hybridized carbons (Fsp3) is 0.0159. The highest BCUT2D eigenvalue weighted by atomic mass is 15.1. The number of fused-ring (bicyclic) bond motifs is 5. The summed E-state index contributed by atoms with van der Waals surface area (Å²) in [6.45, 7) is 0. The third-order valence-corrected chi connectivity index (χ3v) is 13.4. The number of hydrogen-bond donors (Lipinski definition) is 0. The van der Waals surface area contributed by atoms with Gasteiger partial charge in [0.1, 0.15) is 0 Å². The number of benzene rings is 11. The minimum absolute atomic E-state index is 0.509. The van der Waals surface area contributed by atoms with E-state index in [1.165, 1.54) is 88.3 Å². The Kier molecular flexibility index (Phi) is 9.13. The van der Waals surface area contributed by atoms with E-state index in [2.05, 4.69) is 266 Å². The van der Waals surface area contributed by atoms with Crippen LogP contribution in [-0.2, 0) is 5.41 Å². The van der Waals surface area contributed by atoms with Crippen LogP contribution < -0.4 is 4.90 Å². The zero-order valence-electron chi connectivity index (χ0n) is 35.3. The van der Waals surface area contributed by atoms with E-state index in [1.807, 2.05) is 0 Å². The van der Waals surface area contributed by atoms with Crippen molar-refractivity contribution in [3.05, 3.63) is 283 Å². The average Bonchev–Trinajstić information content (AvgIpc) is 3.69. The largest absolute Gasteiger partial charge is 0.310 e. The molecule has 0 spiro atoms. The molecule has 0 heterocycles. The Labute approximate surface area is 374 Å². The van der Waals surface area contributed by atoms with Gasteiger partial charge in [-0.05, 0) is 113 Å². The van der Waals surface area contributed by atoms with Crippen molar-refractivity contribution in [1.29, 1.82) is 0 Å². The molecule has 0 N–H and O–H groups in total. The molecule has 11 aromatic carbocycles. The quantitative estimate of drug-likeness (QED) is 0.148. The van der Waals surface area contributed by atoms with Gasteiger partial charge in [-0.15, -0.1) is 0 Å². The van der Waals surface area contributed by atoms with Crippen molar-refractivity contribution in [2.45, 2.75) is 5.41 Å². The summed E-state index contributed by atoms with van der Waals surface area (Å²) in [5.41, 5.74) is 17.7. The van der Waals surface area contributed by atoms with Gasteiger partial charge < -0.3 is 4.90 Å². The number of anilines is 3. The van der Waals surface area contributed by atoms with Gasteiger partial charge in [0.2, 0.25) is 0 Å². The molecular weight excluding hydrogens is 771 g/mol. The molecular formula is C63H43N. The highest BCUT2D eigenvalue weighted by molar-refractivity contribution is 6.05. The first-order valence-corrected chi connectivity index (χ1v) is 22.2. The second-order valence-corrected chi connectivity index (χ2v) is 16.8.